The minimum atomic E-state index is -0.828. The molecule has 1 aromatic rings. The zero-order chi connectivity index (χ0) is 21.8. The quantitative estimate of drug-likeness (QED) is 0.263. The number of halogens is 1. The minimum Gasteiger partial charge on any atom is -1.00 e. The Morgan fingerprint density at radius 1 is 1.31 bits per heavy atom. The van der Waals surface area contributed by atoms with E-state index >= 15 is 0 Å². The number of nitrogens with zero attached hydrogens (tertiary/aromatic N) is 1. The number of ether oxygens (including phenoxy) is 1. The van der Waals surface area contributed by atoms with Gasteiger partial charge in [-0.2, -0.15) is 0 Å². The van der Waals surface area contributed by atoms with Gasteiger partial charge in [-0.1, -0.05) is 18.9 Å². The smallest absolute Gasteiger partial charge is 0.421 e. The van der Waals surface area contributed by atoms with Gasteiger partial charge >= 0.3 is 5.97 Å². The van der Waals surface area contributed by atoms with Gasteiger partial charge in [0.15, 0.2) is 11.2 Å². The lowest BCUT2D eigenvalue weighted by Gasteiger charge is -2.52. The van der Waals surface area contributed by atoms with Gasteiger partial charge in [0.1, 0.15) is 18.4 Å². The second-order valence-corrected chi connectivity index (χ2v) is 10.3. The summed E-state index contributed by atoms with van der Waals surface area (Å²) in [7, 11) is 2.00. The lowest BCUT2D eigenvalue weighted by molar-refractivity contribution is -0.164. The monoisotopic (exact) mass is 545 g/mol. The maximum absolute atomic E-state index is 13.1. The van der Waals surface area contributed by atoms with Gasteiger partial charge in [-0.3, -0.25) is 4.90 Å². The molecule has 1 aromatic carbocycles. The molecule has 2 fully saturated rings. The maximum Gasteiger partial charge on any atom is 0.421 e. The summed E-state index contributed by atoms with van der Waals surface area (Å²) in [6, 6.07) is 5.88. The van der Waals surface area contributed by atoms with Gasteiger partial charge in [0.05, 0.1) is 13.0 Å². The number of likely N-dealkylation sites (N-methyl/N-ethyl adjacent to an activating group) is 1. The lowest BCUT2D eigenvalue weighted by atomic mass is 9.53. The van der Waals surface area contributed by atoms with Crippen molar-refractivity contribution in [2.24, 2.45) is 17.3 Å². The van der Waals surface area contributed by atoms with E-state index in [1.54, 1.807) is 0 Å². The van der Waals surface area contributed by atoms with E-state index in [1.165, 1.54) is 11.1 Å². The zero-order valence-corrected chi connectivity index (χ0v) is 21.1. The van der Waals surface area contributed by atoms with Crippen LogP contribution < -0.4 is 24.0 Å². The Bertz CT molecular complexity index is 982. The minimum absolute atomic E-state index is 0. The molecule has 5 rings (SSSR count). The molecule has 1 aliphatic heterocycles. The highest BCUT2D eigenvalue weighted by Gasteiger charge is 2.64. The van der Waals surface area contributed by atoms with E-state index in [2.05, 4.69) is 23.8 Å². The van der Waals surface area contributed by atoms with Gasteiger partial charge < -0.3 is 33.8 Å². The first-order valence-electron chi connectivity index (χ1n) is 11.6. The number of fused-ring (bicyclic) bond motifs is 5. The Morgan fingerprint density at radius 3 is 2.88 bits per heavy atom. The fourth-order valence-electron chi connectivity index (χ4n) is 7.14. The number of aromatic hydroxyl groups is 1. The SMILES string of the molecule is C#C[C@@]1(OC(=O)C2=C[CH+]CN(C)C2)CC[C@H]2[C@@H]3CCc4cc(O)ccc4[C@H]3CC[C@@]21C.[I-]. The normalized spacial score (nSPS) is 35.7. The summed E-state index contributed by atoms with van der Waals surface area (Å²) in [6.45, 7) is 3.72. The summed E-state index contributed by atoms with van der Waals surface area (Å²) >= 11 is 0. The van der Waals surface area contributed by atoms with Crippen LogP contribution >= 0.6 is 0 Å². The largest absolute Gasteiger partial charge is 1.00 e. The van der Waals surface area contributed by atoms with Crippen LogP contribution in [0.25, 0.3) is 0 Å². The number of carbonyl (C=O) groups excluding carboxylic acids is 1. The van der Waals surface area contributed by atoms with Crippen LogP contribution in [0.5, 0.6) is 5.75 Å². The van der Waals surface area contributed by atoms with Crippen molar-refractivity contribution in [2.45, 2.75) is 57.0 Å². The van der Waals surface area contributed by atoms with Gasteiger partial charge in [-0.25, -0.2) is 4.79 Å². The summed E-state index contributed by atoms with van der Waals surface area (Å²) in [5.41, 5.74) is 2.36. The molecule has 3 aliphatic carbocycles. The van der Waals surface area contributed by atoms with Crippen molar-refractivity contribution in [2.75, 3.05) is 20.1 Å². The highest BCUT2D eigenvalue weighted by Crippen LogP contribution is 2.65. The molecule has 1 heterocycles. The van der Waals surface area contributed by atoms with E-state index in [-0.39, 0.29) is 35.4 Å². The van der Waals surface area contributed by atoms with E-state index in [0.29, 0.717) is 35.6 Å². The standard InChI is InChI=1S/C27H31NO3.HI/c1-4-27(31-25(30)19-6-5-15-28(3)17-19)14-12-24-23-9-7-18-16-20(29)8-10-21(18)22(23)11-13-26(24,27)2;/h1,5-6,8,10,16,22-24H,7,9,11-15,17H2,2-3H3;1H/t22-,23-,24+,26+,27-;/m1./s1. The van der Waals surface area contributed by atoms with Crippen LogP contribution in [0.2, 0.25) is 0 Å². The fourth-order valence-corrected chi connectivity index (χ4v) is 7.14. The molecule has 4 nitrogen and oxygen atoms in total. The molecule has 32 heavy (non-hydrogen) atoms. The van der Waals surface area contributed by atoms with Crippen molar-refractivity contribution in [1.29, 1.82) is 0 Å². The van der Waals surface area contributed by atoms with Crippen LogP contribution in [0.3, 0.4) is 0 Å². The van der Waals surface area contributed by atoms with Gasteiger partial charge in [0, 0.05) is 5.41 Å². The third kappa shape index (κ3) is 3.54. The second kappa shape index (κ2) is 8.61. The van der Waals surface area contributed by atoms with Gasteiger partial charge in [0.2, 0.25) is 0 Å². The van der Waals surface area contributed by atoms with Crippen LogP contribution in [0.4, 0.5) is 0 Å². The number of carbonyl (C=O) groups is 1. The Hall–Kier alpha value is -1.65. The number of esters is 1. The lowest BCUT2D eigenvalue weighted by Crippen LogP contribution is -3.00. The van der Waals surface area contributed by atoms with Crippen molar-refractivity contribution in [1.82, 2.24) is 4.90 Å². The average molecular weight is 545 g/mol. The summed E-state index contributed by atoms with van der Waals surface area (Å²) in [5.74, 6) is 4.61. The van der Waals surface area contributed by atoms with E-state index < -0.39 is 5.60 Å². The first-order chi connectivity index (χ1) is 14.9. The van der Waals surface area contributed by atoms with Crippen LogP contribution in [-0.2, 0) is 16.0 Å². The van der Waals surface area contributed by atoms with Crippen molar-refractivity contribution in [3.63, 3.8) is 0 Å². The van der Waals surface area contributed by atoms with Crippen molar-refractivity contribution < 1.29 is 38.6 Å². The predicted molar refractivity (Wildman–Crippen MR) is 120 cm³/mol. The molecule has 0 spiro atoms. The number of hydrogen-bond acceptors (Lipinski definition) is 4. The third-order valence-corrected chi connectivity index (χ3v) is 8.77. The molecule has 2 saturated carbocycles. The van der Waals surface area contributed by atoms with Crippen molar-refractivity contribution in [3.05, 3.63) is 47.4 Å². The number of rotatable bonds is 2. The first kappa shape index (κ1) is 23.5. The van der Waals surface area contributed by atoms with Crippen LogP contribution in [-0.4, -0.2) is 41.7 Å². The molecule has 0 radical (unpaired) electrons. The second-order valence-electron chi connectivity index (χ2n) is 10.3. The fraction of sp³-hybridized carbons (Fsp3) is 0.556. The summed E-state index contributed by atoms with van der Waals surface area (Å²) in [6.07, 6.45) is 15.9. The number of hydrogen-bond donors (Lipinski definition) is 1. The third-order valence-electron chi connectivity index (χ3n) is 8.77. The molecule has 5 atom stereocenters. The molecular formula is C27H32INO3. The van der Waals surface area contributed by atoms with Gasteiger partial charge in [0.25, 0.3) is 0 Å². The van der Waals surface area contributed by atoms with E-state index in [0.717, 1.165) is 45.1 Å². The van der Waals surface area contributed by atoms with E-state index in [1.807, 2.05) is 31.7 Å². The predicted octanol–water partition coefficient (Wildman–Crippen LogP) is 1.24. The van der Waals surface area contributed by atoms with Gasteiger partial charge in [-0.15, -0.1) is 6.42 Å². The van der Waals surface area contributed by atoms with Crippen molar-refractivity contribution in [3.8, 4) is 18.1 Å². The van der Waals surface area contributed by atoms with Crippen LogP contribution in [0.1, 0.15) is 56.1 Å². The molecular weight excluding hydrogens is 513 g/mol. The van der Waals surface area contributed by atoms with Crippen LogP contribution in [0.15, 0.2) is 29.8 Å². The maximum atomic E-state index is 13.1. The zero-order valence-electron chi connectivity index (χ0n) is 18.9. The molecule has 5 heteroatoms. The van der Waals surface area contributed by atoms with E-state index in [4.69, 9.17) is 11.2 Å². The molecule has 0 unspecified atom stereocenters. The highest BCUT2D eigenvalue weighted by atomic mass is 127. The molecule has 4 aliphatic rings. The Labute approximate surface area is 208 Å². The van der Waals surface area contributed by atoms with E-state index in [9.17, 15) is 9.90 Å². The van der Waals surface area contributed by atoms with Crippen LogP contribution in [0, 0.1) is 36.0 Å². The summed E-state index contributed by atoms with van der Waals surface area (Å²) in [4.78, 5) is 15.2. The Morgan fingerprint density at radius 2 is 2.12 bits per heavy atom. The molecule has 1 N–H and O–H groups in total. The van der Waals surface area contributed by atoms with Gasteiger partial charge in [-0.05, 0) is 86.6 Å². The molecule has 170 valence electrons. The average Bonchev–Trinajstić information content (AvgIpc) is 3.06. The highest BCUT2D eigenvalue weighted by molar-refractivity contribution is 5.90. The molecule has 0 bridgehead atoms. The number of phenolic OH excluding ortho intramolecular Hbond substituents is 1. The number of aryl methyl sites for hydroxylation is 1. The first-order valence-corrected chi connectivity index (χ1v) is 11.6. The topological polar surface area (TPSA) is 49.8 Å². The molecule has 0 aromatic heterocycles. The Balaban J connectivity index is 0.00000245. The Kier molecular flexibility index (Phi) is 6.32. The number of benzene rings is 1. The number of phenols is 1. The van der Waals surface area contributed by atoms with Crippen molar-refractivity contribution >= 4 is 5.97 Å². The summed E-state index contributed by atoms with van der Waals surface area (Å²) < 4.78 is 6.25. The molecule has 0 amide bonds. The number of terminal acetylenes is 1. The summed E-state index contributed by atoms with van der Waals surface area (Å²) in [5, 5.41) is 9.90. The molecule has 0 saturated heterocycles.